The molecule has 0 fully saturated rings. The molecule has 2 aromatic carbocycles. The molecule has 0 amide bonds. The number of rotatable bonds is 16. The first-order valence-electron chi connectivity index (χ1n) is 17.0. The minimum Gasteiger partial charge on any atom is -0.382 e. The summed E-state index contributed by atoms with van der Waals surface area (Å²) in [5.74, 6) is -6.48. The van der Waals surface area contributed by atoms with Crippen LogP contribution in [0, 0.1) is 6.92 Å². The Morgan fingerprint density at radius 2 is 1.56 bits per heavy atom. The second-order valence-corrected chi connectivity index (χ2v) is 16.3. The average molecular weight is 827 g/mol. The Kier molecular flexibility index (Phi) is 11.5. The Balaban J connectivity index is 1.61. The van der Waals surface area contributed by atoms with Gasteiger partial charge in [-0.2, -0.15) is 13.4 Å². The van der Waals surface area contributed by atoms with Crippen LogP contribution in [-0.4, -0.2) is 105 Å². The molecule has 0 spiro atoms. The molecule has 20 nitrogen and oxygen atoms in total. The molecule has 2 aliphatic rings. The second kappa shape index (κ2) is 15.4. The van der Waals surface area contributed by atoms with Crippen LogP contribution in [0.25, 0.3) is 22.6 Å². The zero-order valence-corrected chi connectivity index (χ0v) is 32.9. The van der Waals surface area contributed by atoms with E-state index in [2.05, 4.69) is 30.2 Å². The van der Waals surface area contributed by atoms with Gasteiger partial charge in [0, 0.05) is 17.9 Å². The maximum atomic E-state index is 13.5. The van der Waals surface area contributed by atoms with Crippen molar-refractivity contribution < 1.29 is 48.0 Å². The summed E-state index contributed by atoms with van der Waals surface area (Å²) in [6.07, 6.45) is -2.30. The number of carbonyl (C=O) groups excluding carboxylic acids is 4. The van der Waals surface area contributed by atoms with E-state index in [9.17, 15) is 57.6 Å². The number of anilines is 2. The number of fused-ring (bicyclic) bond motifs is 2. The Hall–Kier alpha value is -5.65. The molecule has 57 heavy (non-hydrogen) atoms. The van der Waals surface area contributed by atoms with E-state index in [4.69, 9.17) is 0 Å². The summed E-state index contributed by atoms with van der Waals surface area (Å²) in [7, 11) is -3.99. The summed E-state index contributed by atoms with van der Waals surface area (Å²) in [6.45, 7) is 4.94. The number of carbonyl (C=O) groups is 4. The van der Waals surface area contributed by atoms with Crippen molar-refractivity contribution >= 4 is 66.9 Å². The van der Waals surface area contributed by atoms with Crippen LogP contribution in [-0.2, 0) is 48.7 Å². The van der Waals surface area contributed by atoms with Crippen molar-refractivity contribution in [2.75, 3.05) is 10.0 Å². The van der Waals surface area contributed by atoms with Crippen LogP contribution in [0.15, 0.2) is 50.3 Å². The highest BCUT2D eigenvalue weighted by molar-refractivity contribution is 7.94. The predicted octanol–water partition coefficient (Wildman–Crippen LogP) is -0.370. The number of ketones is 4. The Morgan fingerprint density at radius 1 is 0.930 bits per heavy atom. The summed E-state index contributed by atoms with van der Waals surface area (Å²) < 4.78 is 28.7. The van der Waals surface area contributed by atoms with Crippen LogP contribution in [0.1, 0.15) is 50.8 Å². The van der Waals surface area contributed by atoms with Gasteiger partial charge in [0.05, 0.1) is 17.6 Å². The summed E-state index contributed by atoms with van der Waals surface area (Å²) in [6, 6.07) is 9.18. The maximum Gasteiger partial charge on any atom is 0.349 e. The zero-order chi connectivity index (χ0) is 42.4. The van der Waals surface area contributed by atoms with Crippen LogP contribution in [0.2, 0.25) is 0 Å². The van der Waals surface area contributed by atoms with Crippen molar-refractivity contribution in [1.29, 1.82) is 0 Å². The van der Waals surface area contributed by atoms with Crippen LogP contribution in [0.4, 0.5) is 11.4 Å². The fraction of sp³-hybridized carbons (Fsp3) is 0.371. The Labute approximate surface area is 327 Å². The van der Waals surface area contributed by atoms with E-state index in [1.54, 1.807) is 19.1 Å². The van der Waals surface area contributed by atoms with E-state index in [1.165, 1.54) is 24.3 Å². The number of hydrogen-bond acceptors (Lipinski definition) is 18. The lowest BCUT2D eigenvalue weighted by molar-refractivity contribution is -0.247. The number of aromatic amines is 1. The number of nitrogens with one attached hydrogen (secondary N) is 3. The van der Waals surface area contributed by atoms with Crippen molar-refractivity contribution in [2.24, 2.45) is 0 Å². The number of hydrogen-bond donors (Lipinski definition) is 7. The molecule has 3 aromatic rings. The van der Waals surface area contributed by atoms with Crippen LogP contribution < -0.4 is 21.3 Å². The van der Waals surface area contributed by atoms with Gasteiger partial charge in [0.25, 0.3) is 19.9 Å². The summed E-state index contributed by atoms with van der Waals surface area (Å²) in [5, 5.41) is 57.9. The van der Waals surface area contributed by atoms with E-state index < -0.39 is 85.4 Å². The van der Waals surface area contributed by atoms with Crippen molar-refractivity contribution in [1.82, 2.24) is 29.7 Å². The molecular weight excluding hydrogens is 789 g/mol. The van der Waals surface area contributed by atoms with E-state index in [-0.39, 0.29) is 27.6 Å². The molecule has 0 saturated heterocycles. The SMILES string of the molecule is CCc1nnc(S(=O)(=O)Nc2ccc(NCc3cc4c(cc3C)nc3c(=O)[nH]c(=O)nc-3n4C[C@@](O)(C(C)=O)[C@@](O)(C(C)=O)[C@@](O)(C(C)=O)C(O)C(C)=O)cc2)s1. The molecule has 22 heteroatoms. The molecule has 0 radical (unpaired) electrons. The average Bonchev–Trinajstić information content (AvgIpc) is 3.64. The number of nitrogens with zero attached hydrogens (tertiary/aromatic N) is 5. The van der Waals surface area contributed by atoms with Crippen LogP contribution in [0.3, 0.4) is 0 Å². The van der Waals surface area contributed by atoms with Gasteiger partial charge in [-0.1, -0.05) is 18.3 Å². The summed E-state index contributed by atoms with van der Waals surface area (Å²) >= 11 is 0.951. The van der Waals surface area contributed by atoms with Crippen molar-refractivity contribution in [2.45, 2.75) is 88.3 Å². The number of benzene rings is 2. The van der Waals surface area contributed by atoms with E-state index in [0.29, 0.717) is 49.0 Å². The molecular formula is C35H38N8O12S2. The highest BCUT2D eigenvalue weighted by Crippen LogP contribution is 2.41. The van der Waals surface area contributed by atoms with Crippen molar-refractivity contribution in [3.8, 4) is 11.5 Å². The van der Waals surface area contributed by atoms with E-state index in [1.807, 2.05) is 11.9 Å². The number of sulfonamides is 1. The topological polar surface area (TPSA) is 314 Å². The molecule has 5 rings (SSSR count). The molecule has 3 heterocycles. The molecule has 7 N–H and O–H groups in total. The molecule has 302 valence electrons. The van der Waals surface area contributed by atoms with E-state index in [0.717, 1.165) is 22.8 Å². The fourth-order valence-electron chi connectivity index (χ4n) is 6.40. The lowest BCUT2D eigenvalue weighted by atomic mass is 9.62. The predicted molar refractivity (Wildman–Crippen MR) is 203 cm³/mol. The number of Topliss-reactive ketones (excluding diaryl/α,β-unsaturated/α-hetero) is 4. The van der Waals surface area contributed by atoms with E-state index >= 15 is 0 Å². The molecule has 1 unspecified atom stereocenters. The van der Waals surface area contributed by atoms with Gasteiger partial charge in [-0.05, 0) is 88.6 Å². The van der Waals surface area contributed by atoms with Gasteiger partial charge in [-0.25, -0.2) is 9.78 Å². The van der Waals surface area contributed by atoms with Gasteiger partial charge in [-0.15, -0.1) is 10.2 Å². The number of aryl methyl sites for hydroxylation is 2. The molecule has 0 bridgehead atoms. The monoisotopic (exact) mass is 826 g/mol. The normalized spacial score (nSPS) is 15.6. The third-order valence-electron chi connectivity index (χ3n) is 9.61. The number of aromatic nitrogens is 6. The quantitative estimate of drug-likeness (QED) is 0.0624. The largest absolute Gasteiger partial charge is 0.382 e. The number of aliphatic hydroxyl groups excluding tert-OH is 1. The maximum absolute atomic E-state index is 13.5. The zero-order valence-electron chi connectivity index (χ0n) is 31.3. The minimum absolute atomic E-state index is 0.0238. The third-order valence-corrected chi connectivity index (χ3v) is 12.4. The third kappa shape index (κ3) is 7.37. The fourth-order valence-corrected chi connectivity index (χ4v) is 8.45. The first-order valence-corrected chi connectivity index (χ1v) is 19.3. The molecule has 2 aliphatic heterocycles. The Bertz CT molecular complexity index is 2640. The molecule has 0 aliphatic carbocycles. The molecule has 0 saturated carbocycles. The van der Waals surface area contributed by atoms with Gasteiger partial charge >= 0.3 is 5.69 Å². The number of aliphatic hydroxyl groups is 4. The van der Waals surface area contributed by atoms with Crippen molar-refractivity contribution in [3.05, 3.63) is 73.4 Å². The second-order valence-electron chi connectivity index (χ2n) is 13.4. The van der Waals surface area contributed by atoms with Gasteiger partial charge < -0.3 is 30.3 Å². The van der Waals surface area contributed by atoms with Gasteiger partial charge in [0.15, 0.2) is 57.6 Å². The molecule has 1 aromatic heterocycles. The van der Waals surface area contributed by atoms with Crippen molar-refractivity contribution in [3.63, 3.8) is 0 Å². The highest BCUT2D eigenvalue weighted by Gasteiger charge is 2.72. The summed E-state index contributed by atoms with van der Waals surface area (Å²) in [4.78, 5) is 87.7. The molecule has 4 atom stereocenters. The van der Waals surface area contributed by atoms with Crippen LogP contribution >= 0.6 is 11.3 Å². The standard InChI is InChI=1S/C35H38N8O12S2/c1-7-26-40-41-32(56-26)57(54,55)42-23-10-8-22(9-11-23)36-14-21-13-25-24(12-16(21)2)37-27-29(38-31(50)39-30(27)49)43(25)15-33(51,18(4)45)35(53,20(6)47)34(52,19(5)46)28(48)17(3)44/h8-13,28,36,42,48,51-53H,7,14-15H2,1-6H3,(H,39,49,50)/t28?,33-,34-,35+/m1/s1. The van der Waals surface area contributed by atoms with Crippen LogP contribution in [0.5, 0.6) is 0 Å². The smallest absolute Gasteiger partial charge is 0.349 e. The summed E-state index contributed by atoms with van der Waals surface area (Å²) in [5.41, 5.74) is -12.2. The van der Waals surface area contributed by atoms with Gasteiger partial charge in [0.2, 0.25) is 0 Å². The minimum atomic E-state index is -3.99. The lowest BCUT2D eigenvalue weighted by Crippen LogP contribution is -2.80. The van der Waals surface area contributed by atoms with Gasteiger partial charge in [-0.3, -0.25) is 33.7 Å². The van der Waals surface area contributed by atoms with Gasteiger partial charge in [0.1, 0.15) is 5.01 Å². The Morgan fingerprint density at radius 3 is 2.11 bits per heavy atom. The highest BCUT2D eigenvalue weighted by atomic mass is 32.2. The first kappa shape index (κ1) is 42.5. The lowest BCUT2D eigenvalue weighted by Gasteiger charge is -2.49. The number of H-pyrrole nitrogens is 1. The first-order chi connectivity index (χ1) is 26.5.